The molecule has 2 heterocycles. The summed E-state index contributed by atoms with van der Waals surface area (Å²) in [6.07, 6.45) is 0.841. The molecule has 0 saturated heterocycles. The van der Waals surface area contributed by atoms with E-state index in [4.69, 9.17) is 0 Å². The summed E-state index contributed by atoms with van der Waals surface area (Å²) in [6, 6.07) is 0. The van der Waals surface area contributed by atoms with E-state index in [2.05, 4.69) is 6.92 Å². The van der Waals surface area contributed by atoms with E-state index < -0.39 is 0 Å². The number of hydrogen-bond donors (Lipinski definition) is 0. The van der Waals surface area contributed by atoms with Crippen molar-refractivity contribution >= 4 is 42.8 Å². The van der Waals surface area contributed by atoms with Gasteiger partial charge in [-0.1, -0.05) is 6.92 Å². The number of aryl methyl sites for hydroxylation is 4. The zero-order valence-corrected chi connectivity index (χ0v) is 14.0. The van der Waals surface area contributed by atoms with Crippen molar-refractivity contribution in [3.63, 3.8) is 0 Å². The second-order valence-electron chi connectivity index (χ2n) is 5.59. The van der Waals surface area contributed by atoms with E-state index in [1.165, 1.54) is 4.88 Å². The fraction of sp³-hybridized carbons (Fsp3) is 0.294. The van der Waals surface area contributed by atoms with Crippen LogP contribution in [0.3, 0.4) is 0 Å². The SMILES string of the molecule is CCc1c(C)sc2c3c(=O)c4c(C)c(C)sc4c=3c(=O)c12. The third kappa shape index (κ3) is 1.37. The van der Waals surface area contributed by atoms with Crippen molar-refractivity contribution < 1.29 is 0 Å². The molecule has 0 radical (unpaired) electrons. The average Bonchev–Trinajstić information content (AvgIpc) is 3.07. The topological polar surface area (TPSA) is 34.1 Å². The predicted molar refractivity (Wildman–Crippen MR) is 91.0 cm³/mol. The minimum Gasteiger partial charge on any atom is -0.288 e. The largest absolute Gasteiger partial charge is 0.288 e. The highest BCUT2D eigenvalue weighted by Crippen LogP contribution is 2.35. The molecule has 0 saturated carbocycles. The molecule has 2 aliphatic carbocycles. The molecule has 2 aromatic rings. The summed E-state index contributed by atoms with van der Waals surface area (Å²) in [5.41, 5.74) is 2.27. The molecule has 0 amide bonds. The Morgan fingerprint density at radius 2 is 1.33 bits per heavy atom. The highest BCUT2D eigenvalue weighted by molar-refractivity contribution is 7.20. The van der Waals surface area contributed by atoms with Gasteiger partial charge in [0, 0.05) is 20.5 Å². The summed E-state index contributed by atoms with van der Waals surface area (Å²) >= 11 is 3.19. The van der Waals surface area contributed by atoms with Gasteiger partial charge in [-0.05, 0) is 38.3 Å². The molecule has 2 nitrogen and oxygen atoms in total. The van der Waals surface area contributed by atoms with Gasteiger partial charge in [-0.3, -0.25) is 9.59 Å². The number of fused-ring (bicyclic) bond motifs is 4. The van der Waals surface area contributed by atoms with Crippen molar-refractivity contribution in [3.05, 3.63) is 51.8 Å². The van der Waals surface area contributed by atoms with Crippen molar-refractivity contribution in [1.29, 1.82) is 0 Å². The molecular weight excluding hydrogens is 300 g/mol. The van der Waals surface area contributed by atoms with E-state index in [0.29, 0.717) is 10.4 Å². The Kier molecular flexibility index (Phi) is 2.52. The molecule has 106 valence electrons. The second-order valence-corrected chi connectivity index (χ2v) is 8.04. The zero-order valence-electron chi connectivity index (χ0n) is 12.3. The van der Waals surface area contributed by atoms with Crippen LogP contribution >= 0.6 is 22.7 Å². The van der Waals surface area contributed by atoms with Crippen LogP contribution in [0, 0.1) is 31.2 Å². The lowest BCUT2D eigenvalue weighted by Gasteiger charge is -1.91. The molecule has 4 heteroatoms. The molecule has 0 N–H and O–H groups in total. The van der Waals surface area contributed by atoms with Gasteiger partial charge in [0.15, 0.2) is 10.9 Å². The van der Waals surface area contributed by atoms with Crippen molar-refractivity contribution in [1.82, 2.24) is 0 Å². The summed E-state index contributed by atoms with van der Waals surface area (Å²) < 4.78 is 1.81. The monoisotopic (exact) mass is 314 g/mol. The van der Waals surface area contributed by atoms with Crippen LogP contribution in [0.15, 0.2) is 9.59 Å². The molecule has 0 aliphatic heterocycles. The Morgan fingerprint density at radius 1 is 0.810 bits per heavy atom. The molecule has 0 atom stereocenters. The van der Waals surface area contributed by atoms with E-state index in [0.717, 1.165) is 42.6 Å². The van der Waals surface area contributed by atoms with Crippen LogP contribution in [-0.4, -0.2) is 0 Å². The van der Waals surface area contributed by atoms with Crippen molar-refractivity contribution in [3.8, 4) is 0 Å². The van der Waals surface area contributed by atoms with Crippen LogP contribution in [0.4, 0.5) is 0 Å². The van der Waals surface area contributed by atoms with E-state index in [1.807, 2.05) is 20.8 Å². The van der Waals surface area contributed by atoms with Crippen molar-refractivity contribution in [2.45, 2.75) is 34.1 Å². The number of thiophene rings is 2. The van der Waals surface area contributed by atoms with Gasteiger partial charge >= 0.3 is 0 Å². The maximum Gasteiger partial charge on any atom is 0.197 e. The lowest BCUT2D eigenvalue weighted by atomic mass is 10.1. The first-order valence-corrected chi connectivity index (χ1v) is 8.67. The smallest absolute Gasteiger partial charge is 0.197 e. The van der Waals surface area contributed by atoms with Gasteiger partial charge in [0.1, 0.15) is 0 Å². The van der Waals surface area contributed by atoms with Crippen LogP contribution in [-0.2, 0) is 6.42 Å². The van der Waals surface area contributed by atoms with Crippen molar-refractivity contribution in [2.75, 3.05) is 0 Å². The Bertz CT molecular complexity index is 1180. The van der Waals surface area contributed by atoms with Crippen LogP contribution < -0.4 is 10.9 Å². The maximum absolute atomic E-state index is 12.9. The zero-order chi connectivity index (χ0) is 15.0. The van der Waals surface area contributed by atoms with Gasteiger partial charge in [0.25, 0.3) is 0 Å². The molecule has 0 bridgehead atoms. The van der Waals surface area contributed by atoms with Gasteiger partial charge in [0.05, 0.1) is 19.8 Å². The minimum absolute atomic E-state index is 0.0536. The number of hydrogen-bond acceptors (Lipinski definition) is 4. The average molecular weight is 314 g/mol. The quantitative estimate of drug-likeness (QED) is 0.533. The van der Waals surface area contributed by atoms with Crippen LogP contribution in [0.25, 0.3) is 20.2 Å². The Labute approximate surface area is 129 Å². The third-order valence-corrected chi connectivity index (χ3v) is 6.95. The molecular formula is C17H14O2S2. The Hall–Kier alpha value is -1.52. The fourth-order valence-corrected chi connectivity index (χ4v) is 5.90. The normalized spacial score (nSPS) is 12.4. The van der Waals surface area contributed by atoms with Gasteiger partial charge in [-0.15, -0.1) is 22.7 Å². The lowest BCUT2D eigenvalue weighted by Crippen LogP contribution is -1.98. The van der Waals surface area contributed by atoms with E-state index in [1.54, 1.807) is 22.7 Å². The van der Waals surface area contributed by atoms with E-state index in [9.17, 15) is 9.59 Å². The molecule has 0 aromatic carbocycles. The molecule has 21 heavy (non-hydrogen) atoms. The minimum atomic E-state index is 0.0536. The molecule has 0 spiro atoms. The van der Waals surface area contributed by atoms with E-state index in [-0.39, 0.29) is 10.9 Å². The predicted octanol–water partition coefficient (Wildman–Crippen LogP) is 3.92. The first-order chi connectivity index (χ1) is 9.97. The summed E-state index contributed by atoms with van der Waals surface area (Å²) in [7, 11) is 0. The van der Waals surface area contributed by atoms with E-state index >= 15 is 0 Å². The van der Waals surface area contributed by atoms with Crippen LogP contribution in [0.5, 0.6) is 0 Å². The first-order valence-electron chi connectivity index (χ1n) is 7.04. The standard InChI is InChI=1S/C17H14O2S2/c1-5-9-8(4)21-17-11(9)15(19)13-12(17)14(18)10-6(2)7(3)20-16(10)13/h5H2,1-4H3. The Morgan fingerprint density at radius 3 is 1.95 bits per heavy atom. The molecule has 0 unspecified atom stereocenters. The maximum atomic E-state index is 12.9. The number of rotatable bonds is 1. The molecule has 0 fully saturated rings. The van der Waals surface area contributed by atoms with Crippen LogP contribution in [0.2, 0.25) is 0 Å². The highest BCUT2D eigenvalue weighted by Gasteiger charge is 2.23. The summed E-state index contributed by atoms with van der Waals surface area (Å²) in [5, 5.41) is 2.91. The second kappa shape index (κ2) is 4.02. The van der Waals surface area contributed by atoms with Gasteiger partial charge in [-0.2, -0.15) is 0 Å². The summed E-state index contributed by atoms with van der Waals surface area (Å²) in [6.45, 7) is 8.11. The lowest BCUT2D eigenvalue weighted by molar-refractivity contribution is 1.15. The highest BCUT2D eigenvalue weighted by atomic mass is 32.1. The fourth-order valence-electron chi connectivity index (χ4n) is 3.41. The summed E-state index contributed by atoms with van der Waals surface area (Å²) in [5.74, 6) is 0. The third-order valence-electron chi connectivity index (χ3n) is 4.56. The van der Waals surface area contributed by atoms with Crippen molar-refractivity contribution in [2.24, 2.45) is 0 Å². The molecule has 2 aromatic heterocycles. The summed E-state index contributed by atoms with van der Waals surface area (Å²) in [4.78, 5) is 28.0. The van der Waals surface area contributed by atoms with Gasteiger partial charge in [0.2, 0.25) is 0 Å². The Balaban J connectivity index is 2.44. The van der Waals surface area contributed by atoms with Crippen LogP contribution in [0.1, 0.15) is 27.8 Å². The molecule has 4 rings (SSSR count). The first kappa shape index (κ1) is 13.2. The van der Waals surface area contributed by atoms with Gasteiger partial charge < -0.3 is 0 Å². The van der Waals surface area contributed by atoms with Gasteiger partial charge in [-0.25, -0.2) is 0 Å². The molecule has 2 aliphatic rings.